The second-order valence-electron chi connectivity index (χ2n) is 5.73. The SMILES string of the molecule is CC(C)(CN1CCC2CNCCN2C1=S)C(=O)O. The molecule has 1 unspecified atom stereocenters. The zero-order valence-corrected chi connectivity index (χ0v) is 11.8. The van der Waals surface area contributed by atoms with Crippen LogP contribution in [0.4, 0.5) is 0 Å². The summed E-state index contributed by atoms with van der Waals surface area (Å²) in [5, 5.41) is 13.4. The van der Waals surface area contributed by atoms with Crippen LogP contribution in [0.2, 0.25) is 0 Å². The Kier molecular flexibility index (Phi) is 3.77. The predicted octanol–water partition coefficient (Wildman–Crippen LogP) is 0.362. The van der Waals surface area contributed by atoms with Crippen LogP contribution in [0.25, 0.3) is 0 Å². The number of piperazine rings is 1. The van der Waals surface area contributed by atoms with E-state index in [9.17, 15) is 9.90 Å². The highest BCUT2D eigenvalue weighted by atomic mass is 32.1. The normalized spacial score (nSPS) is 25.0. The minimum Gasteiger partial charge on any atom is -0.481 e. The van der Waals surface area contributed by atoms with Crippen molar-refractivity contribution in [3.8, 4) is 0 Å². The van der Waals surface area contributed by atoms with Crippen molar-refractivity contribution in [2.75, 3.05) is 32.7 Å². The maximum absolute atomic E-state index is 11.2. The molecule has 102 valence electrons. The van der Waals surface area contributed by atoms with E-state index in [4.69, 9.17) is 12.2 Å². The Morgan fingerprint density at radius 1 is 1.56 bits per heavy atom. The Morgan fingerprint density at radius 3 is 2.94 bits per heavy atom. The molecule has 2 heterocycles. The van der Waals surface area contributed by atoms with Crippen LogP contribution >= 0.6 is 12.2 Å². The van der Waals surface area contributed by atoms with Crippen molar-refractivity contribution in [3.05, 3.63) is 0 Å². The number of aliphatic carboxylic acids is 1. The molecule has 1 atom stereocenters. The second-order valence-corrected chi connectivity index (χ2v) is 6.10. The van der Waals surface area contributed by atoms with Gasteiger partial charge in [0, 0.05) is 38.8 Å². The molecule has 0 saturated carbocycles. The van der Waals surface area contributed by atoms with Crippen molar-refractivity contribution >= 4 is 23.3 Å². The molecular formula is C12H21N3O2S. The molecule has 0 aromatic carbocycles. The van der Waals surface area contributed by atoms with E-state index in [-0.39, 0.29) is 0 Å². The second kappa shape index (κ2) is 5.01. The third-order valence-corrected chi connectivity index (χ3v) is 4.26. The minimum absolute atomic E-state index is 0.482. The van der Waals surface area contributed by atoms with E-state index in [0.29, 0.717) is 12.6 Å². The highest BCUT2D eigenvalue weighted by molar-refractivity contribution is 7.80. The number of carboxylic acid groups (broad SMARTS) is 1. The molecule has 0 aromatic heterocycles. The van der Waals surface area contributed by atoms with Crippen molar-refractivity contribution < 1.29 is 9.90 Å². The lowest BCUT2D eigenvalue weighted by atomic mass is 9.92. The van der Waals surface area contributed by atoms with Gasteiger partial charge in [-0.15, -0.1) is 0 Å². The van der Waals surface area contributed by atoms with Crippen LogP contribution in [0.3, 0.4) is 0 Å². The number of fused-ring (bicyclic) bond motifs is 1. The fraction of sp³-hybridized carbons (Fsp3) is 0.833. The Balaban J connectivity index is 2.03. The lowest BCUT2D eigenvalue weighted by Gasteiger charge is -2.47. The Morgan fingerprint density at radius 2 is 2.28 bits per heavy atom. The molecule has 0 bridgehead atoms. The standard InChI is InChI=1S/C12H21N3O2S/c1-12(2,10(16)17)8-14-5-3-9-7-13-4-6-15(9)11(14)18/h9,13H,3-8H2,1-2H3,(H,16,17). The van der Waals surface area contributed by atoms with Crippen molar-refractivity contribution in [2.45, 2.75) is 26.3 Å². The summed E-state index contributed by atoms with van der Waals surface area (Å²) in [6.07, 6.45) is 1.04. The third-order valence-electron chi connectivity index (χ3n) is 3.76. The maximum atomic E-state index is 11.2. The van der Waals surface area contributed by atoms with Crippen molar-refractivity contribution in [2.24, 2.45) is 5.41 Å². The van der Waals surface area contributed by atoms with Crippen molar-refractivity contribution in [3.63, 3.8) is 0 Å². The first-order valence-electron chi connectivity index (χ1n) is 6.41. The van der Waals surface area contributed by atoms with Gasteiger partial charge in [-0.1, -0.05) is 0 Å². The monoisotopic (exact) mass is 271 g/mol. The summed E-state index contributed by atoms with van der Waals surface area (Å²) in [7, 11) is 0. The summed E-state index contributed by atoms with van der Waals surface area (Å²) in [6, 6.07) is 0.482. The first kappa shape index (κ1) is 13.5. The number of nitrogens with zero attached hydrogens (tertiary/aromatic N) is 2. The Labute approximate surface area is 113 Å². The predicted molar refractivity (Wildman–Crippen MR) is 73.6 cm³/mol. The van der Waals surface area contributed by atoms with Gasteiger partial charge >= 0.3 is 5.97 Å². The summed E-state index contributed by atoms with van der Waals surface area (Å²) in [6.45, 7) is 7.70. The molecule has 0 radical (unpaired) electrons. The van der Waals surface area contributed by atoms with E-state index in [1.807, 2.05) is 4.90 Å². The van der Waals surface area contributed by atoms with E-state index in [1.165, 1.54) is 0 Å². The topological polar surface area (TPSA) is 55.8 Å². The van der Waals surface area contributed by atoms with Crippen LogP contribution in [-0.4, -0.2) is 64.8 Å². The van der Waals surface area contributed by atoms with Gasteiger partial charge < -0.3 is 20.2 Å². The van der Waals surface area contributed by atoms with Crippen LogP contribution < -0.4 is 5.32 Å². The number of nitrogens with one attached hydrogen (secondary N) is 1. The number of carboxylic acids is 1. The van der Waals surface area contributed by atoms with Gasteiger partial charge in [0.1, 0.15) is 0 Å². The van der Waals surface area contributed by atoms with Gasteiger partial charge in [0.15, 0.2) is 5.11 Å². The van der Waals surface area contributed by atoms with Gasteiger partial charge in [0.05, 0.1) is 5.41 Å². The molecule has 0 amide bonds. The molecule has 2 aliphatic rings. The average Bonchev–Trinajstić information content (AvgIpc) is 2.33. The van der Waals surface area contributed by atoms with Crippen LogP contribution in [0.15, 0.2) is 0 Å². The molecule has 0 aliphatic carbocycles. The fourth-order valence-corrected chi connectivity index (χ4v) is 2.94. The molecule has 2 fully saturated rings. The van der Waals surface area contributed by atoms with Gasteiger partial charge in [-0.05, 0) is 32.5 Å². The molecule has 2 saturated heterocycles. The summed E-state index contributed by atoms with van der Waals surface area (Å²) in [5.41, 5.74) is -0.759. The average molecular weight is 271 g/mol. The van der Waals surface area contributed by atoms with Crippen LogP contribution in [0, 0.1) is 5.41 Å². The Hall–Kier alpha value is -0.880. The van der Waals surface area contributed by atoms with E-state index in [0.717, 1.165) is 37.7 Å². The van der Waals surface area contributed by atoms with E-state index in [1.54, 1.807) is 13.8 Å². The van der Waals surface area contributed by atoms with Crippen molar-refractivity contribution in [1.29, 1.82) is 0 Å². The zero-order chi connectivity index (χ0) is 13.3. The van der Waals surface area contributed by atoms with E-state index >= 15 is 0 Å². The molecule has 18 heavy (non-hydrogen) atoms. The summed E-state index contributed by atoms with van der Waals surface area (Å²) in [4.78, 5) is 15.5. The third kappa shape index (κ3) is 2.59. The van der Waals surface area contributed by atoms with Gasteiger partial charge in [-0.25, -0.2) is 0 Å². The summed E-state index contributed by atoms with van der Waals surface area (Å²) in [5.74, 6) is -0.771. The first-order chi connectivity index (χ1) is 8.42. The number of rotatable bonds is 3. The first-order valence-corrected chi connectivity index (χ1v) is 6.82. The smallest absolute Gasteiger partial charge is 0.310 e. The quantitative estimate of drug-likeness (QED) is 0.723. The summed E-state index contributed by atoms with van der Waals surface area (Å²) >= 11 is 5.51. The highest BCUT2D eigenvalue weighted by Crippen LogP contribution is 2.23. The van der Waals surface area contributed by atoms with Crippen LogP contribution in [0.1, 0.15) is 20.3 Å². The van der Waals surface area contributed by atoms with Gasteiger partial charge in [0.25, 0.3) is 0 Å². The fourth-order valence-electron chi connectivity index (χ4n) is 2.54. The van der Waals surface area contributed by atoms with Gasteiger partial charge in [-0.3, -0.25) is 4.79 Å². The van der Waals surface area contributed by atoms with Crippen LogP contribution in [0.5, 0.6) is 0 Å². The van der Waals surface area contributed by atoms with Crippen LogP contribution in [-0.2, 0) is 4.79 Å². The number of carbonyl (C=O) groups is 1. The van der Waals surface area contributed by atoms with E-state index < -0.39 is 11.4 Å². The highest BCUT2D eigenvalue weighted by Gasteiger charge is 2.36. The number of hydrogen-bond donors (Lipinski definition) is 2. The zero-order valence-electron chi connectivity index (χ0n) is 11.0. The molecular weight excluding hydrogens is 250 g/mol. The van der Waals surface area contributed by atoms with Crippen molar-refractivity contribution in [1.82, 2.24) is 15.1 Å². The maximum Gasteiger partial charge on any atom is 0.310 e. The molecule has 6 heteroatoms. The minimum atomic E-state index is -0.771. The molecule has 2 rings (SSSR count). The molecule has 5 nitrogen and oxygen atoms in total. The van der Waals surface area contributed by atoms with Gasteiger partial charge in [0.2, 0.25) is 0 Å². The van der Waals surface area contributed by atoms with E-state index in [2.05, 4.69) is 10.2 Å². The number of thiocarbonyl (C=S) groups is 1. The van der Waals surface area contributed by atoms with Gasteiger partial charge in [-0.2, -0.15) is 0 Å². The molecule has 0 spiro atoms. The molecule has 2 N–H and O–H groups in total. The molecule has 0 aromatic rings. The number of hydrogen-bond acceptors (Lipinski definition) is 3. The lowest BCUT2D eigenvalue weighted by molar-refractivity contribution is -0.147. The lowest BCUT2D eigenvalue weighted by Crippen LogP contribution is -2.62. The largest absolute Gasteiger partial charge is 0.481 e. The molecule has 2 aliphatic heterocycles. The summed E-state index contributed by atoms with van der Waals surface area (Å²) < 4.78 is 0. The Bertz CT molecular complexity index is 359.